The molecule has 3 fully saturated rings. The minimum absolute atomic E-state index is 0. The summed E-state index contributed by atoms with van der Waals surface area (Å²) in [5, 5.41) is 2.70. The van der Waals surface area contributed by atoms with E-state index < -0.39 is 17.7 Å². The van der Waals surface area contributed by atoms with Gasteiger partial charge in [-0.05, 0) is 37.1 Å². The predicted octanol–water partition coefficient (Wildman–Crippen LogP) is 0.547. The van der Waals surface area contributed by atoms with Crippen molar-refractivity contribution in [2.45, 2.75) is 25.0 Å². The SMILES string of the molecule is Cl.NCCOc1ccc(NC(=O)CN2C(=O)C3C4CCC(O4)C3C2=O)cc1. The zero-order chi connectivity index (χ0) is 18.3. The van der Waals surface area contributed by atoms with Gasteiger partial charge in [0.1, 0.15) is 18.9 Å². The van der Waals surface area contributed by atoms with Crippen LogP contribution in [0.3, 0.4) is 0 Å². The van der Waals surface area contributed by atoms with Crippen molar-refractivity contribution < 1.29 is 23.9 Å². The number of carbonyl (C=O) groups is 3. The Balaban J connectivity index is 0.00000210. The number of fused-ring (bicyclic) bond motifs is 5. The Kier molecular flexibility index (Phi) is 5.69. The number of nitrogens with two attached hydrogens (primary N) is 1. The molecule has 27 heavy (non-hydrogen) atoms. The van der Waals surface area contributed by atoms with Crippen molar-refractivity contribution in [3.05, 3.63) is 24.3 Å². The zero-order valence-electron chi connectivity index (χ0n) is 14.6. The van der Waals surface area contributed by atoms with E-state index in [0.717, 1.165) is 17.7 Å². The Morgan fingerprint density at radius 1 is 1.15 bits per heavy atom. The molecule has 3 aliphatic heterocycles. The van der Waals surface area contributed by atoms with Gasteiger partial charge in [0, 0.05) is 12.2 Å². The molecule has 4 unspecified atom stereocenters. The predicted molar refractivity (Wildman–Crippen MR) is 98.5 cm³/mol. The number of carbonyl (C=O) groups excluding carboxylic acids is 3. The normalized spacial score (nSPS) is 28.1. The molecule has 3 heterocycles. The monoisotopic (exact) mass is 395 g/mol. The number of ether oxygens (including phenoxy) is 2. The van der Waals surface area contributed by atoms with E-state index in [1.54, 1.807) is 24.3 Å². The molecule has 0 saturated carbocycles. The van der Waals surface area contributed by atoms with Gasteiger partial charge >= 0.3 is 0 Å². The molecule has 0 spiro atoms. The molecule has 0 radical (unpaired) electrons. The van der Waals surface area contributed by atoms with Crippen molar-refractivity contribution in [3.8, 4) is 5.75 Å². The lowest BCUT2D eigenvalue weighted by atomic mass is 9.81. The molecule has 4 atom stereocenters. The molecule has 3 N–H and O–H groups in total. The summed E-state index contributed by atoms with van der Waals surface area (Å²) in [4.78, 5) is 38.4. The van der Waals surface area contributed by atoms with Crippen LogP contribution < -0.4 is 15.8 Å². The first-order chi connectivity index (χ1) is 12.6. The summed E-state index contributed by atoms with van der Waals surface area (Å²) in [6.45, 7) is 0.569. The van der Waals surface area contributed by atoms with E-state index in [-0.39, 0.29) is 43.0 Å². The molecule has 3 aliphatic rings. The standard InChI is InChI=1S/C18H21N3O5.ClH/c19-7-8-25-11-3-1-10(2-4-11)20-14(22)9-21-17(23)15-12-5-6-13(26-12)16(15)18(21)24;/h1-4,12-13,15-16H,5-9,19H2,(H,20,22);1H. The average Bonchev–Trinajstić information content (AvgIpc) is 3.31. The topological polar surface area (TPSA) is 111 Å². The summed E-state index contributed by atoms with van der Waals surface area (Å²) >= 11 is 0. The van der Waals surface area contributed by atoms with Gasteiger partial charge in [0.25, 0.3) is 0 Å². The van der Waals surface area contributed by atoms with E-state index in [0.29, 0.717) is 24.6 Å². The number of nitrogens with zero attached hydrogens (tertiary/aromatic N) is 1. The number of halogens is 1. The quantitative estimate of drug-likeness (QED) is 0.680. The molecule has 8 nitrogen and oxygen atoms in total. The van der Waals surface area contributed by atoms with E-state index in [2.05, 4.69) is 5.32 Å². The van der Waals surface area contributed by atoms with E-state index in [9.17, 15) is 14.4 Å². The van der Waals surface area contributed by atoms with Gasteiger partial charge in [-0.1, -0.05) is 0 Å². The molecule has 9 heteroatoms. The molecule has 0 aliphatic carbocycles. The largest absolute Gasteiger partial charge is 0.492 e. The molecule has 3 amide bonds. The van der Waals surface area contributed by atoms with E-state index >= 15 is 0 Å². The molecular weight excluding hydrogens is 374 g/mol. The summed E-state index contributed by atoms with van der Waals surface area (Å²) in [7, 11) is 0. The third-order valence-electron chi connectivity index (χ3n) is 5.20. The van der Waals surface area contributed by atoms with Crippen LogP contribution in [0.5, 0.6) is 5.75 Å². The Bertz CT molecular complexity index is 713. The number of amides is 3. The number of likely N-dealkylation sites (tertiary alicyclic amines) is 1. The number of rotatable bonds is 6. The highest BCUT2D eigenvalue weighted by molar-refractivity contribution is 6.09. The fourth-order valence-corrected chi connectivity index (χ4v) is 4.09. The highest BCUT2D eigenvalue weighted by Gasteiger charge is 2.62. The van der Waals surface area contributed by atoms with Crippen LogP contribution in [-0.4, -0.2) is 54.5 Å². The number of nitrogens with one attached hydrogen (secondary N) is 1. The van der Waals surface area contributed by atoms with Crippen LogP contribution in [0.2, 0.25) is 0 Å². The zero-order valence-corrected chi connectivity index (χ0v) is 15.4. The van der Waals surface area contributed by atoms with Crippen molar-refractivity contribution in [2.75, 3.05) is 25.0 Å². The second-order valence-electron chi connectivity index (χ2n) is 6.81. The summed E-state index contributed by atoms with van der Waals surface area (Å²) in [6.07, 6.45) is 1.28. The first-order valence-electron chi connectivity index (χ1n) is 8.82. The Morgan fingerprint density at radius 3 is 2.30 bits per heavy atom. The second-order valence-corrected chi connectivity index (χ2v) is 6.81. The van der Waals surface area contributed by atoms with E-state index in [1.807, 2.05) is 0 Å². The maximum absolute atomic E-state index is 12.5. The van der Waals surface area contributed by atoms with Gasteiger partial charge in [-0.15, -0.1) is 12.4 Å². The van der Waals surface area contributed by atoms with E-state index in [1.165, 1.54) is 0 Å². The Hall–Kier alpha value is -2.16. The minimum Gasteiger partial charge on any atom is -0.492 e. The maximum Gasteiger partial charge on any atom is 0.244 e. The lowest BCUT2D eigenvalue weighted by Crippen LogP contribution is -2.40. The first kappa shape index (κ1) is 19.6. The maximum atomic E-state index is 12.5. The molecule has 2 bridgehead atoms. The van der Waals surface area contributed by atoms with Crippen LogP contribution in [0.15, 0.2) is 24.3 Å². The van der Waals surface area contributed by atoms with E-state index in [4.69, 9.17) is 15.2 Å². The fraction of sp³-hybridized carbons (Fsp3) is 0.500. The Labute approximate surface area is 162 Å². The van der Waals surface area contributed by atoms with Crippen LogP contribution in [0, 0.1) is 11.8 Å². The van der Waals surface area contributed by atoms with Crippen molar-refractivity contribution in [2.24, 2.45) is 17.6 Å². The van der Waals surface area contributed by atoms with Crippen LogP contribution >= 0.6 is 12.4 Å². The molecule has 0 aromatic heterocycles. The average molecular weight is 396 g/mol. The van der Waals surface area contributed by atoms with Crippen LogP contribution in [-0.2, 0) is 19.1 Å². The van der Waals surface area contributed by atoms with Crippen LogP contribution in [0.25, 0.3) is 0 Å². The molecule has 1 aromatic carbocycles. The molecule has 4 rings (SSSR count). The fourth-order valence-electron chi connectivity index (χ4n) is 4.09. The molecule has 1 aromatic rings. The lowest BCUT2D eigenvalue weighted by Gasteiger charge is -2.17. The third kappa shape index (κ3) is 3.52. The van der Waals surface area contributed by atoms with Gasteiger partial charge in [-0.2, -0.15) is 0 Å². The second kappa shape index (κ2) is 7.84. The number of hydrogen-bond donors (Lipinski definition) is 2. The third-order valence-corrected chi connectivity index (χ3v) is 5.20. The number of imide groups is 1. The van der Waals surface area contributed by atoms with Crippen molar-refractivity contribution >= 4 is 35.8 Å². The summed E-state index contributed by atoms with van der Waals surface area (Å²) in [5.74, 6) is -1.14. The van der Waals surface area contributed by atoms with Crippen molar-refractivity contribution in [1.82, 2.24) is 4.90 Å². The van der Waals surface area contributed by atoms with Gasteiger partial charge < -0.3 is 20.5 Å². The molecule has 146 valence electrons. The Morgan fingerprint density at radius 2 is 1.74 bits per heavy atom. The first-order valence-corrected chi connectivity index (χ1v) is 8.82. The smallest absolute Gasteiger partial charge is 0.244 e. The van der Waals surface area contributed by atoms with Crippen LogP contribution in [0.1, 0.15) is 12.8 Å². The summed E-state index contributed by atoms with van der Waals surface area (Å²) in [6, 6.07) is 6.83. The van der Waals surface area contributed by atoms with Crippen molar-refractivity contribution in [3.63, 3.8) is 0 Å². The summed E-state index contributed by atoms with van der Waals surface area (Å²) in [5.41, 5.74) is 5.94. The van der Waals surface area contributed by atoms with Crippen LogP contribution in [0.4, 0.5) is 5.69 Å². The highest BCUT2D eigenvalue weighted by atomic mass is 35.5. The van der Waals surface area contributed by atoms with Gasteiger partial charge in [-0.25, -0.2) is 0 Å². The highest BCUT2D eigenvalue weighted by Crippen LogP contribution is 2.48. The number of benzene rings is 1. The molecule has 3 saturated heterocycles. The van der Waals surface area contributed by atoms with Gasteiger partial charge in [-0.3, -0.25) is 19.3 Å². The van der Waals surface area contributed by atoms with Gasteiger partial charge in [0.15, 0.2) is 0 Å². The minimum atomic E-state index is -0.409. The number of hydrogen-bond acceptors (Lipinski definition) is 6. The number of anilines is 1. The molecular formula is C18H22ClN3O5. The van der Waals surface area contributed by atoms with Gasteiger partial charge in [0.05, 0.1) is 24.0 Å². The van der Waals surface area contributed by atoms with Crippen molar-refractivity contribution in [1.29, 1.82) is 0 Å². The summed E-state index contributed by atoms with van der Waals surface area (Å²) < 4.78 is 11.1. The van der Waals surface area contributed by atoms with Gasteiger partial charge in [0.2, 0.25) is 17.7 Å². The lowest BCUT2D eigenvalue weighted by molar-refractivity contribution is -0.145.